The number of furan rings is 1. The van der Waals surface area contributed by atoms with Crippen LogP contribution in [-0.4, -0.2) is 16.0 Å². The van der Waals surface area contributed by atoms with Crippen molar-refractivity contribution in [3.05, 3.63) is 76.6 Å². The summed E-state index contributed by atoms with van der Waals surface area (Å²) < 4.78 is 6.62. The van der Waals surface area contributed by atoms with Gasteiger partial charge in [0, 0.05) is 16.1 Å². The summed E-state index contributed by atoms with van der Waals surface area (Å²) in [6, 6.07) is 17.0. The van der Waals surface area contributed by atoms with Crippen molar-refractivity contribution in [3.63, 3.8) is 0 Å². The van der Waals surface area contributed by atoms with Gasteiger partial charge in [0.1, 0.15) is 17.3 Å². The van der Waals surface area contributed by atoms with E-state index < -0.39 is 0 Å². The summed E-state index contributed by atoms with van der Waals surface area (Å²) in [5, 5.41) is 5.62. The van der Waals surface area contributed by atoms with Crippen LogP contribution in [0.2, 0.25) is 0 Å². The molecule has 27 heavy (non-hydrogen) atoms. The van der Waals surface area contributed by atoms with Crippen LogP contribution in [0.15, 0.2) is 69.6 Å². The maximum Gasteiger partial charge on any atom is 0.250 e. The molecule has 0 spiro atoms. The second kappa shape index (κ2) is 8.75. The lowest BCUT2D eigenvalue weighted by molar-refractivity contribution is -0.115. The smallest absolute Gasteiger partial charge is 0.250 e. The SMILES string of the molecule is Cc1nc(NC(=S)NC(=O)/C=C/c2ccc(-c3ccccc3)o2)ccc1Br. The number of nitrogens with zero attached hydrogens (tertiary/aromatic N) is 1. The Morgan fingerprint density at radius 2 is 1.93 bits per heavy atom. The van der Waals surface area contributed by atoms with E-state index in [1.165, 1.54) is 6.08 Å². The number of halogens is 1. The summed E-state index contributed by atoms with van der Waals surface area (Å²) in [5.74, 6) is 1.51. The van der Waals surface area contributed by atoms with E-state index >= 15 is 0 Å². The molecule has 2 heterocycles. The van der Waals surface area contributed by atoms with Crippen LogP contribution in [0, 0.1) is 6.92 Å². The van der Waals surface area contributed by atoms with Crippen LogP contribution in [0.25, 0.3) is 17.4 Å². The number of hydrogen-bond donors (Lipinski definition) is 2. The highest BCUT2D eigenvalue weighted by molar-refractivity contribution is 9.10. The summed E-state index contributed by atoms with van der Waals surface area (Å²) in [7, 11) is 0. The molecule has 0 fully saturated rings. The maximum absolute atomic E-state index is 12.0. The summed E-state index contributed by atoms with van der Waals surface area (Å²) >= 11 is 8.52. The minimum absolute atomic E-state index is 0.170. The van der Waals surface area contributed by atoms with E-state index in [0.717, 1.165) is 21.5 Å². The first-order valence-corrected chi connectivity index (χ1v) is 9.30. The molecule has 0 aliphatic rings. The van der Waals surface area contributed by atoms with Gasteiger partial charge in [-0.15, -0.1) is 0 Å². The molecule has 0 aliphatic carbocycles. The second-order valence-corrected chi connectivity index (χ2v) is 6.87. The van der Waals surface area contributed by atoms with E-state index in [0.29, 0.717) is 11.6 Å². The molecule has 0 saturated heterocycles. The molecule has 0 unspecified atom stereocenters. The first-order valence-electron chi connectivity index (χ1n) is 8.10. The monoisotopic (exact) mass is 441 g/mol. The lowest BCUT2D eigenvalue weighted by atomic mass is 10.2. The average molecular weight is 442 g/mol. The average Bonchev–Trinajstić information content (AvgIpc) is 3.13. The summed E-state index contributed by atoms with van der Waals surface area (Å²) in [4.78, 5) is 16.3. The Kier molecular flexibility index (Phi) is 6.16. The fourth-order valence-electron chi connectivity index (χ4n) is 2.27. The number of hydrogen-bond acceptors (Lipinski definition) is 4. The van der Waals surface area contributed by atoms with Gasteiger partial charge in [-0.3, -0.25) is 10.1 Å². The van der Waals surface area contributed by atoms with Gasteiger partial charge in [0.25, 0.3) is 0 Å². The molecule has 0 aliphatic heterocycles. The van der Waals surface area contributed by atoms with Gasteiger partial charge in [-0.05, 0) is 65.4 Å². The van der Waals surface area contributed by atoms with Gasteiger partial charge in [-0.25, -0.2) is 4.98 Å². The Morgan fingerprint density at radius 1 is 1.15 bits per heavy atom. The van der Waals surface area contributed by atoms with Crippen molar-refractivity contribution in [2.24, 2.45) is 0 Å². The molecule has 1 amide bonds. The van der Waals surface area contributed by atoms with Crippen molar-refractivity contribution < 1.29 is 9.21 Å². The van der Waals surface area contributed by atoms with Crippen molar-refractivity contribution in [1.29, 1.82) is 0 Å². The molecule has 5 nitrogen and oxygen atoms in total. The largest absolute Gasteiger partial charge is 0.457 e. The molecule has 0 radical (unpaired) electrons. The molecule has 3 aromatic rings. The topological polar surface area (TPSA) is 67.2 Å². The van der Waals surface area contributed by atoms with Crippen molar-refractivity contribution in [2.45, 2.75) is 6.92 Å². The molecule has 136 valence electrons. The number of benzene rings is 1. The van der Waals surface area contributed by atoms with E-state index in [9.17, 15) is 4.79 Å². The number of carbonyl (C=O) groups is 1. The Hall–Kier alpha value is -2.77. The van der Waals surface area contributed by atoms with Crippen LogP contribution in [-0.2, 0) is 4.79 Å². The number of pyridine rings is 1. The van der Waals surface area contributed by atoms with Crippen LogP contribution in [0.3, 0.4) is 0 Å². The van der Waals surface area contributed by atoms with E-state index in [2.05, 4.69) is 31.5 Å². The normalized spacial score (nSPS) is 10.7. The van der Waals surface area contributed by atoms with Crippen LogP contribution in [0.4, 0.5) is 5.82 Å². The predicted molar refractivity (Wildman–Crippen MR) is 114 cm³/mol. The van der Waals surface area contributed by atoms with Crippen molar-refractivity contribution >= 4 is 51.1 Å². The molecular formula is C20H16BrN3O2S. The molecule has 0 atom stereocenters. The van der Waals surface area contributed by atoms with E-state index in [1.807, 2.05) is 49.4 Å². The summed E-state index contributed by atoms with van der Waals surface area (Å²) in [6.07, 6.45) is 2.95. The quantitative estimate of drug-likeness (QED) is 0.443. The van der Waals surface area contributed by atoms with Crippen molar-refractivity contribution in [1.82, 2.24) is 10.3 Å². The van der Waals surface area contributed by atoms with Crippen LogP contribution >= 0.6 is 28.1 Å². The fraction of sp³-hybridized carbons (Fsp3) is 0.0500. The molecule has 3 rings (SSSR count). The number of anilines is 1. The molecular weight excluding hydrogens is 426 g/mol. The zero-order valence-corrected chi connectivity index (χ0v) is 16.8. The Morgan fingerprint density at radius 3 is 2.67 bits per heavy atom. The third-order valence-electron chi connectivity index (χ3n) is 3.58. The number of aryl methyl sites for hydroxylation is 1. The van der Waals surface area contributed by atoms with E-state index in [1.54, 1.807) is 18.2 Å². The highest BCUT2D eigenvalue weighted by Gasteiger charge is 2.05. The standard InChI is InChI=1S/C20H16BrN3O2S/c1-13-16(21)9-11-18(22-13)23-20(27)24-19(25)12-8-15-7-10-17(26-15)14-5-3-2-4-6-14/h2-12H,1H3,(H2,22,23,24,25,27)/b12-8+. The Balaban J connectivity index is 1.56. The van der Waals surface area contributed by atoms with E-state index in [-0.39, 0.29) is 11.0 Å². The highest BCUT2D eigenvalue weighted by Crippen LogP contribution is 2.22. The first kappa shape index (κ1) is 19.0. The molecule has 0 saturated carbocycles. The fourth-order valence-corrected chi connectivity index (χ4v) is 2.70. The molecule has 0 bridgehead atoms. The maximum atomic E-state index is 12.0. The zero-order chi connectivity index (χ0) is 19.2. The predicted octanol–water partition coefficient (Wildman–Crippen LogP) is 4.94. The second-order valence-electron chi connectivity index (χ2n) is 5.61. The highest BCUT2D eigenvalue weighted by atomic mass is 79.9. The van der Waals surface area contributed by atoms with Gasteiger partial charge >= 0.3 is 0 Å². The Labute approximate surface area is 170 Å². The van der Waals surface area contributed by atoms with E-state index in [4.69, 9.17) is 16.6 Å². The van der Waals surface area contributed by atoms with Crippen LogP contribution < -0.4 is 10.6 Å². The minimum atomic E-state index is -0.362. The molecule has 2 aromatic heterocycles. The van der Waals surface area contributed by atoms with Gasteiger partial charge in [-0.1, -0.05) is 30.3 Å². The lowest BCUT2D eigenvalue weighted by Gasteiger charge is -2.08. The number of carbonyl (C=O) groups excluding carboxylic acids is 1. The van der Waals surface area contributed by atoms with Gasteiger partial charge in [-0.2, -0.15) is 0 Å². The third-order valence-corrected chi connectivity index (χ3v) is 4.63. The van der Waals surface area contributed by atoms with Crippen molar-refractivity contribution in [3.8, 4) is 11.3 Å². The summed E-state index contributed by atoms with van der Waals surface area (Å²) in [6.45, 7) is 1.87. The van der Waals surface area contributed by atoms with Crippen LogP contribution in [0.1, 0.15) is 11.5 Å². The first-order chi connectivity index (χ1) is 13.0. The molecule has 7 heteroatoms. The number of nitrogens with one attached hydrogen (secondary N) is 2. The summed E-state index contributed by atoms with van der Waals surface area (Å²) in [5.41, 5.74) is 1.80. The minimum Gasteiger partial charge on any atom is -0.457 e. The van der Waals surface area contributed by atoms with Crippen molar-refractivity contribution in [2.75, 3.05) is 5.32 Å². The number of rotatable bonds is 4. The zero-order valence-electron chi connectivity index (χ0n) is 14.4. The number of thiocarbonyl (C=S) groups is 1. The van der Waals surface area contributed by atoms with Gasteiger partial charge in [0.15, 0.2) is 5.11 Å². The van der Waals surface area contributed by atoms with Gasteiger partial charge in [0.05, 0.1) is 5.69 Å². The third kappa shape index (κ3) is 5.35. The molecule has 2 N–H and O–H groups in total. The number of amides is 1. The Bertz CT molecular complexity index is 999. The van der Waals surface area contributed by atoms with Gasteiger partial charge < -0.3 is 9.73 Å². The lowest BCUT2D eigenvalue weighted by Crippen LogP contribution is -2.33. The van der Waals surface area contributed by atoms with Gasteiger partial charge in [0.2, 0.25) is 5.91 Å². The molecule has 1 aromatic carbocycles. The number of aromatic nitrogens is 1. The van der Waals surface area contributed by atoms with Crippen LogP contribution in [0.5, 0.6) is 0 Å².